The molecule has 28 heavy (non-hydrogen) atoms. The lowest BCUT2D eigenvalue weighted by Crippen LogP contribution is -2.24. The predicted molar refractivity (Wildman–Crippen MR) is 98.8 cm³/mol. The number of pyridine rings is 1. The summed E-state index contributed by atoms with van der Waals surface area (Å²) < 4.78 is 12.9. The average molecular weight is 391 g/mol. The first-order valence-corrected chi connectivity index (χ1v) is 9.24. The zero-order chi connectivity index (χ0) is 20.1. The Hall–Kier alpha value is -2.33. The second-order valence-corrected chi connectivity index (χ2v) is 6.83. The van der Waals surface area contributed by atoms with E-state index in [9.17, 15) is 20.1 Å². The Morgan fingerprint density at radius 2 is 2.29 bits per heavy atom. The molecule has 0 saturated carbocycles. The molecule has 9 heteroatoms. The van der Waals surface area contributed by atoms with Crippen LogP contribution >= 0.6 is 0 Å². The largest absolute Gasteiger partial charge is 0.465 e. The van der Waals surface area contributed by atoms with Crippen molar-refractivity contribution < 1.29 is 24.8 Å². The molecule has 1 aliphatic heterocycles. The molecule has 0 radical (unpaired) electrons. The monoisotopic (exact) mass is 391 g/mol. The van der Waals surface area contributed by atoms with E-state index in [0.717, 1.165) is 5.56 Å². The highest BCUT2D eigenvalue weighted by molar-refractivity contribution is 5.12. The molecular weight excluding hydrogens is 366 g/mol. The van der Waals surface area contributed by atoms with E-state index >= 15 is 0 Å². The van der Waals surface area contributed by atoms with Gasteiger partial charge in [-0.05, 0) is 31.4 Å². The summed E-state index contributed by atoms with van der Waals surface area (Å²) in [6.45, 7) is 1.58. The van der Waals surface area contributed by atoms with E-state index in [1.54, 1.807) is 42.2 Å². The minimum atomic E-state index is -0.808. The minimum absolute atomic E-state index is 0.0854. The van der Waals surface area contributed by atoms with Crippen molar-refractivity contribution in [3.05, 3.63) is 52.2 Å². The fraction of sp³-hybridized carbons (Fsp3) is 0.526. The molecule has 0 spiro atoms. The summed E-state index contributed by atoms with van der Waals surface area (Å²) in [6.07, 6.45) is 3.36. The lowest BCUT2D eigenvalue weighted by atomic mass is 10.1. The van der Waals surface area contributed by atoms with Gasteiger partial charge in [0.25, 0.3) is 5.56 Å². The summed E-state index contributed by atoms with van der Waals surface area (Å²) >= 11 is 0. The summed E-state index contributed by atoms with van der Waals surface area (Å²) in [6, 6.07) is 3.65. The molecule has 2 aromatic rings. The molecule has 1 unspecified atom stereocenters. The third-order valence-electron chi connectivity index (χ3n) is 4.70. The Balaban J connectivity index is 1.63. The number of ether oxygens (including phenoxy) is 2. The zero-order valence-corrected chi connectivity index (χ0v) is 15.6. The van der Waals surface area contributed by atoms with Gasteiger partial charge in [0, 0.05) is 30.6 Å². The molecular formula is C19H25N3O6. The van der Waals surface area contributed by atoms with Gasteiger partial charge >= 0.3 is 6.01 Å². The van der Waals surface area contributed by atoms with E-state index in [1.807, 2.05) is 0 Å². The molecule has 0 aromatic carbocycles. The van der Waals surface area contributed by atoms with Crippen LogP contribution < -0.4 is 10.3 Å². The Bertz CT molecular complexity index is 828. The first kappa shape index (κ1) is 20.4. The number of aromatic nitrogens is 3. The fourth-order valence-electron chi connectivity index (χ4n) is 3.10. The lowest BCUT2D eigenvalue weighted by molar-refractivity contribution is -0.0475. The third-order valence-corrected chi connectivity index (χ3v) is 4.70. The maximum Gasteiger partial charge on any atom is 0.301 e. The van der Waals surface area contributed by atoms with Crippen LogP contribution in [0.25, 0.3) is 0 Å². The molecule has 1 saturated heterocycles. The molecule has 3 rings (SSSR count). The fourth-order valence-corrected chi connectivity index (χ4v) is 3.10. The first-order chi connectivity index (χ1) is 13.5. The van der Waals surface area contributed by atoms with Gasteiger partial charge in [-0.1, -0.05) is 6.07 Å². The van der Waals surface area contributed by atoms with Crippen molar-refractivity contribution in [3.63, 3.8) is 0 Å². The van der Waals surface area contributed by atoms with Crippen molar-refractivity contribution in [3.8, 4) is 6.01 Å². The van der Waals surface area contributed by atoms with E-state index < -0.39 is 30.1 Å². The summed E-state index contributed by atoms with van der Waals surface area (Å²) in [5, 5.41) is 29.4. The highest BCUT2D eigenvalue weighted by Crippen LogP contribution is 2.31. The van der Waals surface area contributed by atoms with Crippen LogP contribution in [0.5, 0.6) is 6.01 Å². The molecule has 152 valence electrons. The van der Waals surface area contributed by atoms with Gasteiger partial charge in [-0.2, -0.15) is 4.98 Å². The van der Waals surface area contributed by atoms with Gasteiger partial charge in [0.15, 0.2) is 0 Å². The SMILES string of the molecule is Cc1cn([C@H]2C[C@H](O)[C@@H](CO)O2)c(OCCCC(O)c2cccnc2)nc1=O. The van der Waals surface area contributed by atoms with Crippen molar-refractivity contribution in [2.75, 3.05) is 13.2 Å². The lowest BCUT2D eigenvalue weighted by Gasteiger charge is -2.19. The van der Waals surface area contributed by atoms with E-state index in [4.69, 9.17) is 9.47 Å². The van der Waals surface area contributed by atoms with Gasteiger partial charge in [0.2, 0.25) is 0 Å². The maximum absolute atomic E-state index is 11.9. The normalized spacial score (nSPS) is 22.9. The first-order valence-electron chi connectivity index (χ1n) is 9.24. The summed E-state index contributed by atoms with van der Waals surface area (Å²) in [7, 11) is 0. The quantitative estimate of drug-likeness (QED) is 0.555. The Kier molecular flexibility index (Phi) is 6.74. The van der Waals surface area contributed by atoms with Gasteiger partial charge < -0.3 is 24.8 Å². The van der Waals surface area contributed by atoms with Crippen LogP contribution in [0.4, 0.5) is 0 Å². The van der Waals surface area contributed by atoms with Crippen molar-refractivity contribution in [1.82, 2.24) is 14.5 Å². The molecule has 3 N–H and O–H groups in total. The molecule has 9 nitrogen and oxygen atoms in total. The third kappa shape index (κ3) is 4.74. The van der Waals surface area contributed by atoms with E-state index in [0.29, 0.717) is 18.4 Å². The number of hydrogen-bond acceptors (Lipinski definition) is 8. The van der Waals surface area contributed by atoms with Gasteiger partial charge in [0.1, 0.15) is 12.3 Å². The van der Waals surface area contributed by atoms with Gasteiger partial charge in [-0.3, -0.25) is 14.3 Å². The molecule has 2 aromatic heterocycles. The highest BCUT2D eigenvalue weighted by atomic mass is 16.6. The number of hydrogen-bond donors (Lipinski definition) is 3. The van der Waals surface area contributed by atoms with Crippen molar-refractivity contribution in [2.45, 2.75) is 50.7 Å². The Morgan fingerprint density at radius 1 is 1.46 bits per heavy atom. The number of aliphatic hydroxyl groups excluding tert-OH is 3. The number of aliphatic hydroxyl groups is 3. The van der Waals surface area contributed by atoms with Crippen LogP contribution in [-0.2, 0) is 4.74 Å². The van der Waals surface area contributed by atoms with Gasteiger partial charge in [-0.25, -0.2) is 0 Å². The summed E-state index contributed by atoms with van der Waals surface area (Å²) in [5.74, 6) is 0. The van der Waals surface area contributed by atoms with Crippen LogP contribution in [0.2, 0.25) is 0 Å². The van der Waals surface area contributed by atoms with Crippen molar-refractivity contribution >= 4 is 0 Å². The molecule has 0 amide bonds. The Labute approximate surface area is 162 Å². The van der Waals surface area contributed by atoms with Crippen LogP contribution in [0.3, 0.4) is 0 Å². The van der Waals surface area contributed by atoms with Crippen LogP contribution in [0.1, 0.15) is 42.7 Å². The van der Waals surface area contributed by atoms with Crippen molar-refractivity contribution in [2.24, 2.45) is 0 Å². The molecule has 0 bridgehead atoms. The second-order valence-electron chi connectivity index (χ2n) is 6.83. The highest BCUT2D eigenvalue weighted by Gasteiger charge is 2.35. The topological polar surface area (TPSA) is 127 Å². The summed E-state index contributed by atoms with van der Waals surface area (Å²) in [4.78, 5) is 19.9. The van der Waals surface area contributed by atoms with E-state index in [2.05, 4.69) is 9.97 Å². The smallest absolute Gasteiger partial charge is 0.301 e. The number of nitrogens with zero attached hydrogens (tertiary/aromatic N) is 3. The molecule has 1 fully saturated rings. The molecule has 0 aliphatic carbocycles. The summed E-state index contributed by atoms with van der Waals surface area (Å²) in [5.41, 5.74) is 0.750. The van der Waals surface area contributed by atoms with Crippen LogP contribution in [0, 0.1) is 6.92 Å². The Morgan fingerprint density at radius 3 is 2.96 bits per heavy atom. The maximum atomic E-state index is 11.9. The second kappa shape index (κ2) is 9.24. The van der Waals surface area contributed by atoms with Crippen LogP contribution in [-0.4, -0.2) is 55.3 Å². The average Bonchev–Trinajstić information content (AvgIpc) is 3.08. The molecule has 3 heterocycles. The van der Waals surface area contributed by atoms with Crippen molar-refractivity contribution in [1.29, 1.82) is 0 Å². The number of aryl methyl sites for hydroxylation is 1. The standard InChI is InChI=1S/C19H25N3O6/c1-12-10-22(17-8-15(25)16(11-23)28-17)19(21-18(12)26)27-7-3-5-14(24)13-4-2-6-20-9-13/h2,4,6,9-10,14-17,23-25H,3,5,7-8,11H2,1H3/t14?,15-,16+,17+/m0/s1. The molecule has 4 atom stereocenters. The van der Waals surface area contributed by atoms with E-state index in [-0.39, 0.29) is 25.6 Å². The minimum Gasteiger partial charge on any atom is -0.465 e. The van der Waals surface area contributed by atoms with Gasteiger partial charge in [0.05, 0.1) is 25.4 Å². The van der Waals surface area contributed by atoms with E-state index in [1.165, 1.54) is 0 Å². The van der Waals surface area contributed by atoms with Crippen LogP contribution in [0.15, 0.2) is 35.5 Å². The predicted octanol–water partition coefficient (Wildman–Crippen LogP) is 0.480. The molecule has 1 aliphatic rings. The zero-order valence-electron chi connectivity index (χ0n) is 15.6. The number of rotatable bonds is 8. The van der Waals surface area contributed by atoms with Gasteiger partial charge in [-0.15, -0.1) is 0 Å².